The Bertz CT molecular complexity index is 1250. The number of nitrogens with zero attached hydrogens (tertiary/aromatic N) is 3. The van der Waals surface area contributed by atoms with Crippen LogP contribution in [0.1, 0.15) is 22.5 Å². The molecule has 0 saturated carbocycles. The lowest BCUT2D eigenvalue weighted by Crippen LogP contribution is -2.04. The molecule has 3 aromatic carbocycles. The minimum atomic E-state index is 0.149. The molecule has 1 aromatic heterocycles. The van der Waals surface area contributed by atoms with Crippen LogP contribution in [0.5, 0.6) is 11.5 Å². The first-order valence-corrected chi connectivity index (χ1v) is 9.54. The summed E-state index contributed by atoms with van der Waals surface area (Å²) in [6, 6.07) is 17.3. The van der Waals surface area contributed by atoms with Crippen LogP contribution in [0.25, 0.3) is 10.8 Å². The summed E-state index contributed by atoms with van der Waals surface area (Å²) in [5, 5.41) is 23.6. The highest BCUT2D eigenvalue weighted by Crippen LogP contribution is 2.25. The number of phenolic OH excluding ortho intramolecular Hbond substituents is 1. The van der Waals surface area contributed by atoms with Gasteiger partial charge in [-0.15, -0.1) is 0 Å². The Morgan fingerprint density at radius 2 is 1.90 bits per heavy atom. The van der Waals surface area contributed by atoms with E-state index in [9.17, 15) is 5.11 Å². The minimum Gasteiger partial charge on any atom is -0.507 e. The molecule has 0 atom stereocenters. The summed E-state index contributed by atoms with van der Waals surface area (Å²) in [4.78, 5) is 0. The first-order valence-electron chi connectivity index (χ1n) is 9.14. The zero-order valence-corrected chi connectivity index (χ0v) is 16.9. The molecule has 7 heteroatoms. The fourth-order valence-electron chi connectivity index (χ4n) is 3.24. The molecule has 146 valence electrons. The molecule has 0 aliphatic heterocycles. The van der Waals surface area contributed by atoms with E-state index in [1.165, 1.54) is 4.68 Å². The number of phenols is 1. The number of ether oxygens (including phenoxy) is 1. The van der Waals surface area contributed by atoms with Crippen molar-refractivity contribution in [3.05, 3.63) is 81.9 Å². The Morgan fingerprint density at radius 3 is 2.69 bits per heavy atom. The fraction of sp³-hybridized carbons (Fsp3) is 0.136. The first-order chi connectivity index (χ1) is 14.0. The second-order valence-electron chi connectivity index (χ2n) is 6.83. The molecule has 0 amide bonds. The smallest absolute Gasteiger partial charge is 0.216 e. The molecule has 0 aliphatic rings. The summed E-state index contributed by atoms with van der Waals surface area (Å²) in [6.07, 6.45) is 1.59. The number of hydrogen-bond acceptors (Lipinski definition) is 5. The number of rotatable bonds is 5. The van der Waals surface area contributed by atoms with Gasteiger partial charge >= 0.3 is 0 Å². The number of H-pyrrole nitrogens is 1. The molecule has 0 unspecified atom stereocenters. The van der Waals surface area contributed by atoms with Gasteiger partial charge in [0.05, 0.1) is 6.21 Å². The number of aromatic nitrogens is 3. The first kappa shape index (κ1) is 18.9. The SMILES string of the molecule is Cc1cc(C)cc(OCc2n[nH]c(=S)n2/N=C/c2c(O)ccc3ccccc23)c1. The van der Waals surface area contributed by atoms with Crippen LogP contribution in [-0.4, -0.2) is 26.2 Å². The lowest BCUT2D eigenvalue weighted by Gasteiger charge is -2.08. The Hall–Kier alpha value is -3.45. The lowest BCUT2D eigenvalue weighted by atomic mass is 10.0. The summed E-state index contributed by atoms with van der Waals surface area (Å²) < 4.78 is 7.73. The summed E-state index contributed by atoms with van der Waals surface area (Å²) in [6.45, 7) is 4.25. The fourth-order valence-corrected chi connectivity index (χ4v) is 3.43. The molecule has 0 bridgehead atoms. The average molecular weight is 404 g/mol. The molecule has 6 nitrogen and oxygen atoms in total. The third-order valence-electron chi connectivity index (χ3n) is 4.53. The molecule has 0 spiro atoms. The molecule has 2 N–H and O–H groups in total. The lowest BCUT2D eigenvalue weighted by molar-refractivity contribution is 0.290. The summed E-state index contributed by atoms with van der Waals surface area (Å²) in [7, 11) is 0. The highest BCUT2D eigenvalue weighted by atomic mass is 32.1. The Labute approximate surface area is 173 Å². The van der Waals surface area contributed by atoms with Crippen LogP contribution in [0.3, 0.4) is 0 Å². The second-order valence-corrected chi connectivity index (χ2v) is 7.22. The molecule has 0 saturated heterocycles. The van der Waals surface area contributed by atoms with Crippen molar-refractivity contribution in [1.82, 2.24) is 14.9 Å². The van der Waals surface area contributed by atoms with Gasteiger partial charge in [-0.3, -0.25) is 0 Å². The Morgan fingerprint density at radius 1 is 1.14 bits per heavy atom. The molecular weight excluding hydrogens is 384 g/mol. The van der Waals surface area contributed by atoms with Gasteiger partial charge in [0.25, 0.3) is 0 Å². The van der Waals surface area contributed by atoms with E-state index >= 15 is 0 Å². The maximum absolute atomic E-state index is 10.3. The summed E-state index contributed by atoms with van der Waals surface area (Å²) in [5.74, 6) is 1.44. The van der Waals surface area contributed by atoms with Gasteiger partial charge in [0.1, 0.15) is 18.1 Å². The zero-order chi connectivity index (χ0) is 20.4. The third-order valence-corrected chi connectivity index (χ3v) is 4.79. The Kier molecular flexibility index (Phi) is 5.14. The van der Waals surface area contributed by atoms with Gasteiger partial charge in [0, 0.05) is 5.56 Å². The van der Waals surface area contributed by atoms with Gasteiger partial charge in [-0.1, -0.05) is 36.4 Å². The van der Waals surface area contributed by atoms with Gasteiger partial charge in [-0.25, -0.2) is 5.10 Å². The number of benzene rings is 3. The molecule has 0 fully saturated rings. The normalized spacial score (nSPS) is 11.4. The zero-order valence-electron chi connectivity index (χ0n) is 16.1. The monoisotopic (exact) mass is 404 g/mol. The highest BCUT2D eigenvalue weighted by molar-refractivity contribution is 7.71. The molecule has 0 aliphatic carbocycles. The van der Waals surface area contributed by atoms with Gasteiger partial charge in [-0.05, 0) is 66.2 Å². The van der Waals surface area contributed by atoms with Crippen LogP contribution < -0.4 is 4.74 Å². The van der Waals surface area contributed by atoms with E-state index in [0.29, 0.717) is 16.2 Å². The second kappa shape index (κ2) is 7.89. The van der Waals surface area contributed by atoms with Crippen molar-refractivity contribution in [3.63, 3.8) is 0 Å². The van der Waals surface area contributed by atoms with Gasteiger partial charge in [-0.2, -0.15) is 14.9 Å². The van der Waals surface area contributed by atoms with Crippen molar-refractivity contribution in [2.45, 2.75) is 20.5 Å². The van der Waals surface area contributed by atoms with E-state index in [2.05, 4.69) is 21.4 Å². The molecule has 29 heavy (non-hydrogen) atoms. The van der Waals surface area contributed by atoms with Crippen LogP contribution in [0, 0.1) is 18.6 Å². The number of fused-ring (bicyclic) bond motifs is 1. The van der Waals surface area contributed by atoms with Crippen molar-refractivity contribution < 1.29 is 9.84 Å². The maximum atomic E-state index is 10.3. The van der Waals surface area contributed by atoms with E-state index in [4.69, 9.17) is 17.0 Å². The van der Waals surface area contributed by atoms with Gasteiger partial charge < -0.3 is 9.84 Å². The van der Waals surface area contributed by atoms with E-state index in [-0.39, 0.29) is 12.4 Å². The molecule has 4 aromatic rings. The van der Waals surface area contributed by atoms with Crippen LogP contribution in [0.2, 0.25) is 0 Å². The number of aryl methyl sites for hydroxylation is 2. The van der Waals surface area contributed by atoms with Crippen molar-refractivity contribution >= 4 is 29.2 Å². The van der Waals surface area contributed by atoms with Crippen molar-refractivity contribution in [2.75, 3.05) is 0 Å². The van der Waals surface area contributed by atoms with Crippen LogP contribution in [0.4, 0.5) is 0 Å². The quantitative estimate of drug-likeness (QED) is 0.367. The van der Waals surface area contributed by atoms with E-state index in [0.717, 1.165) is 27.6 Å². The predicted molar refractivity (Wildman–Crippen MR) is 116 cm³/mol. The van der Waals surface area contributed by atoms with E-state index in [1.54, 1.807) is 12.3 Å². The summed E-state index contributed by atoms with van der Waals surface area (Å²) >= 11 is 5.30. The largest absolute Gasteiger partial charge is 0.507 e. The maximum Gasteiger partial charge on any atom is 0.216 e. The summed E-state index contributed by atoms with van der Waals surface area (Å²) in [5.41, 5.74) is 2.87. The Balaban J connectivity index is 1.63. The van der Waals surface area contributed by atoms with Gasteiger partial charge in [0.15, 0.2) is 5.82 Å². The molecule has 1 heterocycles. The third kappa shape index (κ3) is 4.05. The van der Waals surface area contributed by atoms with Crippen molar-refractivity contribution in [1.29, 1.82) is 0 Å². The highest BCUT2D eigenvalue weighted by Gasteiger charge is 2.09. The van der Waals surface area contributed by atoms with Gasteiger partial charge in [0.2, 0.25) is 4.77 Å². The standard InChI is InChI=1S/C22H20N4O2S/c1-14-9-15(2)11-17(10-14)28-13-21-24-25-22(29)26(21)23-12-19-18-6-4-3-5-16(18)7-8-20(19)27/h3-12,27H,13H2,1-2H3,(H,25,29)/b23-12+. The van der Waals surface area contributed by atoms with Crippen LogP contribution in [0.15, 0.2) is 59.7 Å². The number of aromatic amines is 1. The number of aromatic hydroxyl groups is 1. The van der Waals surface area contributed by atoms with Crippen molar-refractivity contribution in [3.8, 4) is 11.5 Å². The van der Waals surface area contributed by atoms with E-state index in [1.807, 2.05) is 56.3 Å². The number of hydrogen-bond donors (Lipinski definition) is 2. The molecular formula is C22H20N4O2S. The number of nitrogens with one attached hydrogen (secondary N) is 1. The molecule has 0 radical (unpaired) electrons. The predicted octanol–water partition coefficient (Wildman–Crippen LogP) is 4.88. The topological polar surface area (TPSA) is 75.4 Å². The van der Waals surface area contributed by atoms with Crippen LogP contribution in [-0.2, 0) is 6.61 Å². The average Bonchev–Trinajstić information content (AvgIpc) is 3.04. The van der Waals surface area contributed by atoms with Crippen LogP contribution >= 0.6 is 12.2 Å². The molecule has 4 rings (SSSR count). The van der Waals surface area contributed by atoms with E-state index < -0.39 is 0 Å². The minimum absolute atomic E-state index is 0.149. The van der Waals surface area contributed by atoms with Crippen molar-refractivity contribution in [2.24, 2.45) is 5.10 Å².